The highest BCUT2D eigenvalue weighted by atomic mass is 16.5. The van der Waals surface area contributed by atoms with Crippen LogP contribution in [-0.2, 0) is 10.2 Å². The van der Waals surface area contributed by atoms with Crippen molar-refractivity contribution in [3.05, 3.63) is 71.8 Å². The summed E-state index contributed by atoms with van der Waals surface area (Å²) in [5.74, 6) is -0.256. The largest absolute Gasteiger partial charge is 0.461 e. The molecule has 3 nitrogen and oxygen atoms in total. The second-order valence-corrected chi connectivity index (χ2v) is 6.40. The number of carbonyl (C=O) groups excluding carboxylic acids is 1. The lowest BCUT2D eigenvalue weighted by atomic mass is 9.78. The Labute approximate surface area is 151 Å². The number of nitrogens with zero attached hydrogens (tertiary/aromatic N) is 1. The van der Waals surface area contributed by atoms with E-state index in [0.29, 0.717) is 12.2 Å². The lowest BCUT2D eigenvalue weighted by molar-refractivity contribution is 0.0346. The number of likely N-dealkylation sites (N-methyl/N-ethyl adjacent to an activating group) is 1. The van der Waals surface area contributed by atoms with Crippen molar-refractivity contribution >= 4 is 5.97 Å². The minimum atomic E-state index is -0.256. The molecule has 2 rings (SSSR count). The van der Waals surface area contributed by atoms with Crippen LogP contribution in [0.1, 0.15) is 43.1 Å². The minimum Gasteiger partial charge on any atom is -0.461 e. The number of hydrogen-bond acceptors (Lipinski definition) is 3. The van der Waals surface area contributed by atoms with Crippen molar-refractivity contribution in [2.24, 2.45) is 0 Å². The number of carbonyl (C=O) groups is 1. The third-order valence-corrected chi connectivity index (χ3v) is 4.97. The first kappa shape index (κ1) is 19.2. The fourth-order valence-corrected chi connectivity index (χ4v) is 3.17. The lowest BCUT2D eigenvalue weighted by Gasteiger charge is -2.37. The number of benzene rings is 2. The molecule has 0 radical (unpaired) electrons. The Morgan fingerprint density at radius 2 is 1.48 bits per heavy atom. The molecule has 0 spiro atoms. The van der Waals surface area contributed by atoms with Gasteiger partial charge in [-0.05, 0) is 37.2 Å². The highest BCUT2D eigenvalue weighted by molar-refractivity contribution is 5.89. The van der Waals surface area contributed by atoms with Crippen molar-refractivity contribution < 1.29 is 9.53 Å². The summed E-state index contributed by atoms with van der Waals surface area (Å²) >= 11 is 0. The van der Waals surface area contributed by atoms with Gasteiger partial charge in [-0.3, -0.25) is 0 Å². The molecule has 25 heavy (non-hydrogen) atoms. The Morgan fingerprint density at radius 3 is 2.00 bits per heavy atom. The molecule has 2 aromatic carbocycles. The van der Waals surface area contributed by atoms with E-state index in [1.165, 1.54) is 5.56 Å². The van der Waals surface area contributed by atoms with Crippen LogP contribution < -0.4 is 0 Å². The monoisotopic (exact) mass is 339 g/mol. The van der Waals surface area contributed by atoms with Crippen molar-refractivity contribution in [3.8, 4) is 0 Å². The summed E-state index contributed by atoms with van der Waals surface area (Å²) in [6.45, 7) is 9.75. The van der Waals surface area contributed by atoms with Gasteiger partial charge in [0, 0.05) is 12.0 Å². The van der Waals surface area contributed by atoms with Crippen LogP contribution in [0.4, 0.5) is 0 Å². The summed E-state index contributed by atoms with van der Waals surface area (Å²) in [6.07, 6.45) is 0.912. The molecule has 0 heterocycles. The van der Waals surface area contributed by atoms with Gasteiger partial charge >= 0.3 is 5.97 Å². The summed E-state index contributed by atoms with van der Waals surface area (Å²) in [5.41, 5.74) is 1.63. The normalized spacial score (nSPS) is 13.4. The lowest BCUT2D eigenvalue weighted by Crippen LogP contribution is -2.44. The molecular weight excluding hydrogens is 310 g/mol. The maximum absolute atomic E-state index is 12.4. The first-order valence-corrected chi connectivity index (χ1v) is 9.15. The Kier molecular flexibility index (Phi) is 7.20. The number of rotatable bonds is 9. The fraction of sp³-hybridized carbons (Fsp3) is 0.409. The van der Waals surface area contributed by atoms with Crippen molar-refractivity contribution in [1.82, 2.24) is 4.90 Å². The molecule has 0 amide bonds. The highest BCUT2D eigenvalue weighted by Gasteiger charge is 2.33. The van der Waals surface area contributed by atoms with Crippen molar-refractivity contribution in [3.63, 3.8) is 0 Å². The predicted molar refractivity (Wildman–Crippen MR) is 103 cm³/mol. The van der Waals surface area contributed by atoms with Crippen molar-refractivity contribution in [1.29, 1.82) is 0 Å². The Hall–Kier alpha value is -2.13. The average Bonchev–Trinajstić information content (AvgIpc) is 2.70. The minimum absolute atomic E-state index is 0.197. The second kappa shape index (κ2) is 9.38. The van der Waals surface area contributed by atoms with Gasteiger partial charge in [-0.15, -0.1) is 0 Å². The van der Waals surface area contributed by atoms with E-state index in [9.17, 15) is 4.79 Å². The zero-order valence-electron chi connectivity index (χ0n) is 15.6. The van der Waals surface area contributed by atoms with Crippen LogP contribution in [-0.4, -0.2) is 37.1 Å². The van der Waals surface area contributed by atoms with Crippen LogP contribution in [0.15, 0.2) is 60.7 Å². The van der Waals surface area contributed by atoms with Crippen LogP contribution in [0.5, 0.6) is 0 Å². The van der Waals surface area contributed by atoms with Gasteiger partial charge < -0.3 is 9.64 Å². The molecule has 0 aliphatic heterocycles. The van der Waals surface area contributed by atoms with Crippen LogP contribution in [0, 0.1) is 0 Å². The molecule has 0 aromatic heterocycles. The molecule has 1 unspecified atom stereocenters. The number of esters is 1. The Morgan fingerprint density at radius 1 is 0.920 bits per heavy atom. The van der Waals surface area contributed by atoms with E-state index in [1.54, 1.807) is 12.1 Å². The summed E-state index contributed by atoms with van der Waals surface area (Å²) in [7, 11) is 0. The van der Waals surface area contributed by atoms with Gasteiger partial charge in [0.1, 0.15) is 6.61 Å². The Balaban J connectivity index is 2.23. The molecular formula is C22H29NO2. The van der Waals surface area contributed by atoms with Gasteiger partial charge in [-0.25, -0.2) is 4.79 Å². The Bertz CT molecular complexity index is 638. The maximum atomic E-state index is 12.4. The highest BCUT2D eigenvalue weighted by Crippen LogP contribution is 2.30. The van der Waals surface area contributed by atoms with E-state index >= 15 is 0 Å². The van der Waals surface area contributed by atoms with Gasteiger partial charge in [0.2, 0.25) is 0 Å². The predicted octanol–water partition coefficient (Wildman–Crippen LogP) is 4.53. The van der Waals surface area contributed by atoms with Crippen LogP contribution in [0.2, 0.25) is 0 Å². The van der Waals surface area contributed by atoms with Gasteiger partial charge in [0.25, 0.3) is 0 Å². The molecule has 2 aromatic rings. The smallest absolute Gasteiger partial charge is 0.338 e. The summed E-state index contributed by atoms with van der Waals surface area (Å²) in [6, 6.07) is 19.6. The van der Waals surface area contributed by atoms with E-state index in [0.717, 1.165) is 26.1 Å². The van der Waals surface area contributed by atoms with E-state index in [-0.39, 0.29) is 11.4 Å². The van der Waals surface area contributed by atoms with E-state index in [2.05, 4.69) is 49.9 Å². The summed E-state index contributed by atoms with van der Waals surface area (Å²) in [5, 5.41) is 0. The standard InChI is InChI=1S/C22H29NO2/c1-4-22(17-23(5-2)6-3,20-15-11-8-12-16-20)18-25-21(24)19-13-9-7-10-14-19/h7-16H,4-6,17-18H2,1-3H3. The molecule has 0 saturated heterocycles. The summed E-state index contributed by atoms with van der Waals surface area (Å²) in [4.78, 5) is 14.8. The van der Waals surface area contributed by atoms with E-state index < -0.39 is 0 Å². The van der Waals surface area contributed by atoms with Gasteiger partial charge in [-0.1, -0.05) is 69.3 Å². The zero-order chi connectivity index (χ0) is 18.1. The molecule has 0 N–H and O–H groups in total. The molecule has 0 aliphatic carbocycles. The van der Waals surface area contributed by atoms with Crippen LogP contribution in [0.25, 0.3) is 0 Å². The second-order valence-electron chi connectivity index (χ2n) is 6.40. The SMILES string of the molecule is CCN(CC)CC(CC)(COC(=O)c1ccccc1)c1ccccc1. The molecule has 0 saturated carbocycles. The van der Waals surface area contributed by atoms with E-state index in [4.69, 9.17) is 4.74 Å². The van der Waals surface area contributed by atoms with Gasteiger partial charge in [-0.2, -0.15) is 0 Å². The third-order valence-electron chi connectivity index (χ3n) is 4.97. The number of hydrogen-bond donors (Lipinski definition) is 0. The summed E-state index contributed by atoms with van der Waals surface area (Å²) < 4.78 is 5.76. The van der Waals surface area contributed by atoms with Crippen molar-refractivity contribution in [2.75, 3.05) is 26.2 Å². The maximum Gasteiger partial charge on any atom is 0.338 e. The fourth-order valence-electron chi connectivity index (χ4n) is 3.17. The molecule has 134 valence electrons. The zero-order valence-corrected chi connectivity index (χ0v) is 15.6. The molecule has 3 heteroatoms. The molecule has 0 aliphatic rings. The average molecular weight is 339 g/mol. The third kappa shape index (κ3) is 4.93. The van der Waals surface area contributed by atoms with Crippen LogP contribution in [0.3, 0.4) is 0 Å². The van der Waals surface area contributed by atoms with Gasteiger partial charge in [0.05, 0.1) is 5.56 Å². The van der Waals surface area contributed by atoms with Crippen LogP contribution >= 0.6 is 0 Å². The first-order valence-electron chi connectivity index (χ1n) is 9.15. The topological polar surface area (TPSA) is 29.5 Å². The van der Waals surface area contributed by atoms with Gasteiger partial charge in [0.15, 0.2) is 0 Å². The number of ether oxygens (including phenoxy) is 1. The van der Waals surface area contributed by atoms with Crippen molar-refractivity contribution in [2.45, 2.75) is 32.6 Å². The van der Waals surface area contributed by atoms with E-state index in [1.807, 2.05) is 24.3 Å². The molecule has 1 atom stereocenters. The quantitative estimate of drug-likeness (QED) is 0.629. The molecule has 0 fully saturated rings. The first-order chi connectivity index (χ1) is 12.1. The molecule has 0 bridgehead atoms.